The molecule has 0 aromatic carbocycles. The van der Waals surface area contributed by atoms with Gasteiger partial charge in [-0.2, -0.15) is 13.2 Å². The minimum absolute atomic E-state index is 0.0216. The molecule has 1 aromatic rings. The van der Waals surface area contributed by atoms with E-state index in [1.807, 2.05) is 13.8 Å². The Bertz CT molecular complexity index is 310. The standard InChI is InChI=1S/C8H12F3N3O/c1-3-5(12-4-2)6-13-14-7(15-6)8(9,10)11/h5,12H,3-4H2,1-2H3. The molecular formula is C8H12F3N3O. The van der Waals surface area contributed by atoms with Gasteiger partial charge in [-0.15, -0.1) is 10.2 Å². The molecule has 0 aliphatic carbocycles. The van der Waals surface area contributed by atoms with Crippen molar-refractivity contribution in [3.63, 3.8) is 0 Å². The van der Waals surface area contributed by atoms with E-state index in [1.165, 1.54) is 0 Å². The molecule has 7 heteroatoms. The smallest absolute Gasteiger partial charge is 0.416 e. The Morgan fingerprint density at radius 3 is 2.40 bits per heavy atom. The van der Waals surface area contributed by atoms with Gasteiger partial charge in [-0.1, -0.05) is 13.8 Å². The van der Waals surface area contributed by atoms with Crippen molar-refractivity contribution in [2.24, 2.45) is 0 Å². The van der Waals surface area contributed by atoms with E-state index in [1.54, 1.807) is 0 Å². The Kier molecular flexibility index (Phi) is 3.67. The van der Waals surface area contributed by atoms with E-state index in [-0.39, 0.29) is 11.9 Å². The predicted octanol–water partition coefficient (Wildman–Crippen LogP) is 2.15. The summed E-state index contributed by atoms with van der Waals surface area (Å²) in [4.78, 5) is 0. The van der Waals surface area contributed by atoms with Crippen LogP contribution < -0.4 is 5.32 Å². The van der Waals surface area contributed by atoms with Crippen molar-refractivity contribution in [1.82, 2.24) is 15.5 Å². The summed E-state index contributed by atoms with van der Waals surface area (Å²) in [5, 5.41) is 9.28. The normalized spacial score (nSPS) is 14.2. The van der Waals surface area contributed by atoms with Crippen LogP contribution in [0.3, 0.4) is 0 Å². The molecule has 0 amide bonds. The number of aromatic nitrogens is 2. The van der Waals surface area contributed by atoms with Gasteiger partial charge in [0.05, 0.1) is 6.04 Å². The first-order valence-electron chi connectivity index (χ1n) is 4.63. The first-order valence-corrected chi connectivity index (χ1v) is 4.63. The first-order chi connectivity index (χ1) is 6.99. The van der Waals surface area contributed by atoms with Gasteiger partial charge in [0.15, 0.2) is 0 Å². The zero-order valence-electron chi connectivity index (χ0n) is 8.43. The molecule has 4 nitrogen and oxygen atoms in total. The topological polar surface area (TPSA) is 51.0 Å². The molecule has 0 fully saturated rings. The van der Waals surface area contributed by atoms with Gasteiger partial charge in [0, 0.05) is 0 Å². The van der Waals surface area contributed by atoms with Crippen LogP contribution in [0.2, 0.25) is 0 Å². The molecule has 1 unspecified atom stereocenters. The summed E-state index contributed by atoms with van der Waals surface area (Å²) >= 11 is 0. The molecule has 1 rings (SSSR count). The molecule has 1 atom stereocenters. The number of hydrogen-bond donors (Lipinski definition) is 1. The minimum Gasteiger partial charge on any atom is -0.416 e. The van der Waals surface area contributed by atoms with Gasteiger partial charge in [-0.05, 0) is 13.0 Å². The summed E-state index contributed by atoms with van der Waals surface area (Å²) in [6.07, 6.45) is -3.98. The average molecular weight is 223 g/mol. The maximum atomic E-state index is 12.1. The molecule has 0 bridgehead atoms. The maximum Gasteiger partial charge on any atom is 0.470 e. The van der Waals surface area contributed by atoms with E-state index < -0.39 is 12.1 Å². The number of alkyl halides is 3. The zero-order valence-corrected chi connectivity index (χ0v) is 8.43. The zero-order chi connectivity index (χ0) is 11.5. The van der Waals surface area contributed by atoms with Crippen molar-refractivity contribution in [1.29, 1.82) is 0 Å². The fraction of sp³-hybridized carbons (Fsp3) is 0.750. The summed E-state index contributed by atoms with van der Waals surface area (Å²) in [6.45, 7) is 4.30. The van der Waals surface area contributed by atoms with Crippen molar-refractivity contribution in [3.8, 4) is 0 Å². The van der Waals surface area contributed by atoms with Crippen molar-refractivity contribution in [3.05, 3.63) is 11.8 Å². The molecule has 0 aliphatic heterocycles. The van der Waals surface area contributed by atoms with Crippen LogP contribution in [0.4, 0.5) is 13.2 Å². The largest absolute Gasteiger partial charge is 0.470 e. The van der Waals surface area contributed by atoms with Gasteiger partial charge >= 0.3 is 12.1 Å². The molecule has 1 heterocycles. The minimum atomic E-state index is -4.57. The highest BCUT2D eigenvalue weighted by atomic mass is 19.4. The van der Waals surface area contributed by atoms with Crippen LogP contribution in [0.15, 0.2) is 4.42 Å². The Morgan fingerprint density at radius 2 is 2.00 bits per heavy atom. The molecule has 0 spiro atoms. The SMILES string of the molecule is CCNC(CC)c1nnc(C(F)(F)F)o1. The summed E-state index contributed by atoms with van der Waals surface area (Å²) in [7, 11) is 0. The maximum absolute atomic E-state index is 12.1. The summed E-state index contributed by atoms with van der Waals surface area (Å²) in [6, 6.07) is -0.321. The van der Waals surface area contributed by atoms with Gasteiger partial charge in [0.1, 0.15) is 0 Å². The number of nitrogens with zero attached hydrogens (tertiary/aromatic N) is 2. The third kappa shape index (κ3) is 2.92. The highest BCUT2D eigenvalue weighted by Gasteiger charge is 2.38. The van der Waals surface area contributed by atoms with Crippen molar-refractivity contribution < 1.29 is 17.6 Å². The lowest BCUT2D eigenvalue weighted by atomic mass is 10.2. The van der Waals surface area contributed by atoms with Crippen LogP contribution in [0.1, 0.15) is 38.1 Å². The van der Waals surface area contributed by atoms with E-state index >= 15 is 0 Å². The Morgan fingerprint density at radius 1 is 1.33 bits per heavy atom. The fourth-order valence-electron chi connectivity index (χ4n) is 1.14. The van der Waals surface area contributed by atoms with Gasteiger partial charge < -0.3 is 9.73 Å². The van der Waals surface area contributed by atoms with E-state index in [9.17, 15) is 13.2 Å². The molecule has 1 aromatic heterocycles. The molecule has 0 saturated heterocycles. The summed E-state index contributed by atoms with van der Waals surface area (Å²) in [5.74, 6) is -1.32. The second-order valence-corrected chi connectivity index (χ2v) is 2.96. The monoisotopic (exact) mass is 223 g/mol. The molecule has 86 valence electrons. The lowest BCUT2D eigenvalue weighted by Crippen LogP contribution is -2.20. The third-order valence-electron chi connectivity index (χ3n) is 1.84. The number of halogens is 3. The Hall–Kier alpha value is -1.11. The molecule has 0 aliphatic rings. The van der Waals surface area contributed by atoms with E-state index in [4.69, 9.17) is 0 Å². The van der Waals surface area contributed by atoms with Gasteiger partial charge in [-0.3, -0.25) is 0 Å². The molecular weight excluding hydrogens is 211 g/mol. The van der Waals surface area contributed by atoms with Crippen LogP contribution >= 0.6 is 0 Å². The van der Waals surface area contributed by atoms with Crippen LogP contribution in [0, 0.1) is 0 Å². The molecule has 0 saturated carbocycles. The third-order valence-corrected chi connectivity index (χ3v) is 1.84. The van der Waals surface area contributed by atoms with Crippen molar-refractivity contribution in [2.75, 3.05) is 6.54 Å². The quantitative estimate of drug-likeness (QED) is 0.849. The molecule has 0 radical (unpaired) electrons. The highest BCUT2D eigenvalue weighted by Crippen LogP contribution is 2.29. The van der Waals surface area contributed by atoms with Gasteiger partial charge in [0.25, 0.3) is 0 Å². The summed E-state index contributed by atoms with van der Waals surface area (Å²) < 4.78 is 41.0. The van der Waals surface area contributed by atoms with Crippen LogP contribution in [0.25, 0.3) is 0 Å². The van der Waals surface area contributed by atoms with Gasteiger partial charge in [0.2, 0.25) is 5.89 Å². The van der Waals surface area contributed by atoms with E-state index in [0.717, 1.165) is 0 Å². The first kappa shape index (κ1) is 12.0. The lowest BCUT2D eigenvalue weighted by molar-refractivity contribution is -0.157. The highest BCUT2D eigenvalue weighted by molar-refractivity contribution is 4.91. The van der Waals surface area contributed by atoms with Crippen LogP contribution in [0.5, 0.6) is 0 Å². The number of rotatable bonds is 4. The summed E-state index contributed by atoms with van der Waals surface area (Å²) in [5.41, 5.74) is 0. The van der Waals surface area contributed by atoms with Crippen LogP contribution in [-0.2, 0) is 6.18 Å². The molecule has 1 N–H and O–H groups in total. The second kappa shape index (κ2) is 4.61. The number of hydrogen-bond acceptors (Lipinski definition) is 4. The average Bonchev–Trinajstić information content (AvgIpc) is 2.62. The number of nitrogens with one attached hydrogen (secondary N) is 1. The Labute approximate surface area is 84.9 Å². The van der Waals surface area contributed by atoms with E-state index in [0.29, 0.717) is 13.0 Å². The predicted molar refractivity (Wildman–Crippen MR) is 46.0 cm³/mol. The van der Waals surface area contributed by atoms with E-state index in [2.05, 4.69) is 19.9 Å². The van der Waals surface area contributed by atoms with Gasteiger partial charge in [-0.25, -0.2) is 0 Å². The fourth-order valence-corrected chi connectivity index (χ4v) is 1.14. The lowest BCUT2D eigenvalue weighted by Gasteiger charge is -2.10. The van der Waals surface area contributed by atoms with Crippen molar-refractivity contribution in [2.45, 2.75) is 32.5 Å². The Balaban J connectivity index is 2.82. The van der Waals surface area contributed by atoms with Crippen LogP contribution in [-0.4, -0.2) is 16.7 Å². The molecule has 15 heavy (non-hydrogen) atoms. The second-order valence-electron chi connectivity index (χ2n) is 2.96. The van der Waals surface area contributed by atoms with Crippen molar-refractivity contribution >= 4 is 0 Å².